The molecule has 2 aromatic carbocycles. The normalized spacial score (nSPS) is 10.3. The monoisotopic (exact) mass is 384 g/mol. The Morgan fingerprint density at radius 1 is 0.962 bits per heavy atom. The Kier molecular flexibility index (Phi) is 6.04. The summed E-state index contributed by atoms with van der Waals surface area (Å²) in [7, 11) is 0. The molecule has 0 aliphatic rings. The molecule has 0 spiro atoms. The smallest absolute Gasteiger partial charge is 0.251 e. The van der Waals surface area contributed by atoms with Crippen molar-refractivity contribution in [3.05, 3.63) is 81.5 Å². The summed E-state index contributed by atoms with van der Waals surface area (Å²) in [5.41, 5.74) is 3.40. The van der Waals surface area contributed by atoms with E-state index < -0.39 is 0 Å². The molecule has 2 N–H and O–H groups in total. The van der Waals surface area contributed by atoms with Gasteiger partial charge in [0.25, 0.3) is 5.91 Å². The molecule has 0 atom stereocenters. The topological polar surface area (TPSA) is 58.2 Å². The second-order valence-corrected chi connectivity index (χ2v) is 6.83. The predicted octanol–water partition coefficient (Wildman–Crippen LogP) is 4.11. The first-order valence-corrected chi connectivity index (χ1v) is 9.36. The van der Waals surface area contributed by atoms with E-state index >= 15 is 0 Å². The fourth-order valence-corrected chi connectivity index (χ4v) is 3.30. The van der Waals surface area contributed by atoms with Crippen molar-refractivity contribution >= 4 is 34.8 Å². The number of carbonyl (C=O) groups excluding carboxylic acids is 2. The summed E-state index contributed by atoms with van der Waals surface area (Å²) in [5.74, 6) is -0.553. The molecule has 3 rings (SSSR count). The summed E-state index contributed by atoms with van der Waals surface area (Å²) in [6.45, 7) is 0.230. The van der Waals surface area contributed by atoms with Crippen LogP contribution >= 0.6 is 22.9 Å². The molecule has 1 aromatic heterocycles. The molecular weight excluding hydrogens is 368 g/mol. The van der Waals surface area contributed by atoms with Crippen LogP contribution in [0.15, 0.2) is 65.4 Å². The average molecular weight is 385 g/mol. The van der Waals surface area contributed by atoms with Crippen molar-refractivity contribution in [2.45, 2.75) is 6.54 Å². The van der Waals surface area contributed by atoms with Gasteiger partial charge in [-0.05, 0) is 51.7 Å². The molecule has 0 saturated heterocycles. The summed E-state index contributed by atoms with van der Waals surface area (Å²) in [5, 5.41) is 10.0. The number of hydrogen-bond donors (Lipinski definition) is 2. The van der Waals surface area contributed by atoms with E-state index in [9.17, 15) is 9.59 Å². The molecule has 0 radical (unpaired) electrons. The fraction of sp³-hybridized carbons (Fsp3) is 0.100. The summed E-state index contributed by atoms with van der Waals surface area (Å²) in [4.78, 5) is 24.2. The maximum Gasteiger partial charge on any atom is 0.251 e. The minimum absolute atomic E-state index is 0.0913. The number of benzene rings is 2. The third-order valence-corrected chi connectivity index (χ3v) is 4.87. The molecule has 0 fully saturated rings. The minimum atomic E-state index is -0.282. The van der Waals surface area contributed by atoms with Gasteiger partial charge in [0.2, 0.25) is 5.91 Å². The lowest BCUT2D eigenvalue weighted by Gasteiger charge is -2.09. The van der Waals surface area contributed by atoms with Crippen molar-refractivity contribution < 1.29 is 9.59 Å². The highest BCUT2D eigenvalue weighted by Gasteiger charge is 2.10. The Hall–Kier alpha value is -2.63. The van der Waals surface area contributed by atoms with E-state index in [1.165, 1.54) is 0 Å². The lowest BCUT2D eigenvalue weighted by Crippen LogP contribution is -2.36. The van der Waals surface area contributed by atoms with Crippen molar-refractivity contribution in [3.8, 4) is 11.1 Å². The highest BCUT2D eigenvalue weighted by atomic mass is 35.5. The van der Waals surface area contributed by atoms with Gasteiger partial charge in [0.05, 0.1) is 6.54 Å². The van der Waals surface area contributed by atoms with E-state index in [0.717, 1.165) is 16.7 Å². The van der Waals surface area contributed by atoms with Crippen molar-refractivity contribution in [3.63, 3.8) is 0 Å². The highest BCUT2D eigenvalue weighted by Crippen LogP contribution is 2.22. The molecule has 2 amide bonds. The molecule has 0 unspecified atom stereocenters. The third-order valence-electron chi connectivity index (χ3n) is 3.82. The summed E-state index contributed by atoms with van der Waals surface area (Å²) >= 11 is 7.66. The number of nitrogens with one attached hydrogen (secondary N) is 2. The molecule has 4 nitrogen and oxygen atoms in total. The van der Waals surface area contributed by atoms with Gasteiger partial charge in [0.15, 0.2) is 0 Å². The van der Waals surface area contributed by atoms with Crippen LogP contribution < -0.4 is 10.6 Å². The first kappa shape index (κ1) is 18.2. The minimum Gasteiger partial charge on any atom is -0.350 e. The molecule has 0 aliphatic carbocycles. The lowest BCUT2D eigenvalue weighted by atomic mass is 10.1. The maximum absolute atomic E-state index is 12.3. The van der Waals surface area contributed by atoms with Crippen LogP contribution in [-0.4, -0.2) is 18.4 Å². The summed E-state index contributed by atoms with van der Waals surface area (Å²) in [6, 6.07) is 16.6. The van der Waals surface area contributed by atoms with Gasteiger partial charge in [-0.2, -0.15) is 11.3 Å². The van der Waals surface area contributed by atoms with Gasteiger partial charge in [-0.25, -0.2) is 0 Å². The van der Waals surface area contributed by atoms with Gasteiger partial charge in [-0.15, -0.1) is 0 Å². The molecule has 132 valence electrons. The number of rotatable bonds is 6. The van der Waals surface area contributed by atoms with Gasteiger partial charge in [-0.1, -0.05) is 41.9 Å². The third kappa shape index (κ3) is 4.71. The zero-order valence-electron chi connectivity index (χ0n) is 13.9. The van der Waals surface area contributed by atoms with Crippen LogP contribution in [0.2, 0.25) is 5.02 Å². The summed E-state index contributed by atoms with van der Waals surface area (Å²) < 4.78 is 0. The van der Waals surface area contributed by atoms with Gasteiger partial charge in [0, 0.05) is 17.1 Å². The summed E-state index contributed by atoms with van der Waals surface area (Å²) in [6.07, 6.45) is 0. The number of amides is 2. The molecular formula is C20H17ClN2O2S. The van der Waals surface area contributed by atoms with Gasteiger partial charge >= 0.3 is 0 Å². The Balaban J connectivity index is 1.53. The van der Waals surface area contributed by atoms with Crippen molar-refractivity contribution in [1.29, 1.82) is 0 Å². The fourth-order valence-electron chi connectivity index (χ4n) is 2.43. The Labute approximate surface area is 160 Å². The van der Waals surface area contributed by atoms with E-state index in [4.69, 9.17) is 11.6 Å². The van der Waals surface area contributed by atoms with Crippen LogP contribution in [0.1, 0.15) is 15.9 Å². The van der Waals surface area contributed by atoms with Crippen LogP contribution in [0.3, 0.4) is 0 Å². The van der Waals surface area contributed by atoms with Gasteiger partial charge < -0.3 is 10.6 Å². The largest absolute Gasteiger partial charge is 0.350 e. The predicted molar refractivity (Wildman–Crippen MR) is 105 cm³/mol. The highest BCUT2D eigenvalue weighted by molar-refractivity contribution is 7.08. The van der Waals surface area contributed by atoms with Crippen LogP contribution in [-0.2, 0) is 11.3 Å². The van der Waals surface area contributed by atoms with E-state index in [0.29, 0.717) is 17.1 Å². The van der Waals surface area contributed by atoms with Crippen molar-refractivity contribution in [2.24, 2.45) is 0 Å². The molecule has 0 saturated carbocycles. The van der Waals surface area contributed by atoms with E-state index in [1.807, 2.05) is 53.2 Å². The molecule has 6 heteroatoms. The zero-order valence-corrected chi connectivity index (χ0v) is 15.4. The Morgan fingerprint density at radius 2 is 1.81 bits per heavy atom. The van der Waals surface area contributed by atoms with Crippen molar-refractivity contribution in [1.82, 2.24) is 10.6 Å². The number of hydrogen-bond acceptors (Lipinski definition) is 3. The van der Waals surface area contributed by atoms with Crippen LogP contribution in [0.5, 0.6) is 0 Å². The molecule has 0 bridgehead atoms. The molecule has 0 aliphatic heterocycles. The number of halogens is 1. The molecule has 1 heterocycles. The molecule has 3 aromatic rings. The van der Waals surface area contributed by atoms with Gasteiger partial charge in [0.1, 0.15) is 0 Å². The van der Waals surface area contributed by atoms with Gasteiger partial charge in [-0.3, -0.25) is 9.59 Å². The second-order valence-electron chi connectivity index (χ2n) is 5.64. The van der Waals surface area contributed by atoms with Crippen LogP contribution in [0.4, 0.5) is 0 Å². The van der Waals surface area contributed by atoms with E-state index in [-0.39, 0.29) is 18.4 Å². The average Bonchev–Trinajstić information content (AvgIpc) is 3.20. The van der Waals surface area contributed by atoms with E-state index in [1.54, 1.807) is 23.5 Å². The van der Waals surface area contributed by atoms with Crippen LogP contribution in [0.25, 0.3) is 11.1 Å². The zero-order chi connectivity index (χ0) is 18.4. The number of carbonyl (C=O) groups is 2. The Bertz CT molecular complexity index is 910. The standard InChI is InChI=1S/C20H17ClN2O2S/c21-18-7-2-1-4-16(18)11-22-19(24)12-23-20(25)15-6-3-5-14(10-15)17-8-9-26-13-17/h1-10,13H,11-12H2,(H,22,24)(H,23,25). The lowest BCUT2D eigenvalue weighted by molar-refractivity contribution is -0.120. The van der Waals surface area contributed by atoms with Crippen LogP contribution in [0, 0.1) is 0 Å². The van der Waals surface area contributed by atoms with Crippen molar-refractivity contribution in [2.75, 3.05) is 6.54 Å². The maximum atomic E-state index is 12.3. The number of thiophene rings is 1. The first-order valence-electron chi connectivity index (χ1n) is 8.04. The SMILES string of the molecule is O=C(CNC(=O)c1cccc(-c2ccsc2)c1)NCc1ccccc1Cl. The van der Waals surface area contributed by atoms with E-state index in [2.05, 4.69) is 10.6 Å². The Morgan fingerprint density at radius 3 is 2.58 bits per heavy atom. The first-order chi connectivity index (χ1) is 12.6. The second kappa shape index (κ2) is 8.65. The molecule has 26 heavy (non-hydrogen) atoms. The quantitative estimate of drug-likeness (QED) is 0.671.